The van der Waals surface area contributed by atoms with Crippen LogP contribution in [-0.2, 0) is 4.74 Å². The molecule has 0 heterocycles. The summed E-state index contributed by atoms with van der Waals surface area (Å²) in [5.74, 6) is 1.51. The molecule has 0 aromatic heterocycles. The molecule has 3 heteroatoms. The zero-order valence-corrected chi connectivity index (χ0v) is 8.20. The third-order valence-corrected chi connectivity index (χ3v) is 2.80. The smallest absolute Gasteiger partial charge is 0.0971 e. The van der Waals surface area contributed by atoms with Crippen molar-refractivity contribution in [3.63, 3.8) is 0 Å². The van der Waals surface area contributed by atoms with Crippen molar-refractivity contribution in [2.75, 3.05) is 6.61 Å². The van der Waals surface area contributed by atoms with E-state index in [1.807, 2.05) is 6.92 Å². The van der Waals surface area contributed by atoms with E-state index in [0.29, 0.717) is 18.1 Å². The van der Waals surface area contributed by atoms with Crippen molar-refractivity contribution in [1.29, 1.82) is 0 Å². The van der Waals surface area contributed by atoms with E-state index in [4.69, 9.17) is 10.5 Å². The van der Waals surface area contributed by atoms with Crippen molar-refractivity contribution < 1.29 is 4.74 Å². The fourth-order valence-electron chi connectivity index (χ4n) is 1.71. The van der Waals surface area contributed by atoms with Gasteiger partial charge in [-0.25, -0.2) is 0 Å². The highest BCUT2D eigenvalue weighted by Gasteiger charge is 2.32. The zero-order chi connectivity index (χ0) is 9.26. The summed E-state index contributed by atoms with van der Waals surface area (Å²) in [5.41, 5.74) is 5.82. The van der Waals surface area contributed by atoms with Crippen molar-refractivity contribution in [2.45, 2.75) is 44.8 Å². The van der Waals surface area contributed by atoms with E-state index in [9.17, 15) is 0 Å². The lowest BCUT2D eigenvalue weighted by atomic mass is 9.90. The summed E-state index contributed by atoms with van der Waals surface area (Å²) in [7, 11) is 0. The lowest BCUT2D eigenvalue weighted by Gasteiger charge is -2.32. The maximum absolute atomic E-state index is 5.82. The Morgan fingerprint density at radius 3 is 2.69 bits per heavy atom. The molecule has 2 fully saturated rings. The largest absolute Gasteiger partial charge is 0.387 e. The fourth-order valence-corrected chi connectivity index (χ4v) is 1.71. The number of hydrogen-bond donors (Lipinski definition) is 1. The zero-order valence-electron chi connectivity index (χ0n) is 8.20. The van der Waals surface area contributed by atoms with E-state index in [-0.39, 0.29) is 0 Å². The highest BCUT2D eigenvalue weighted by Crippen LogP contribution is 2.31. The molecule has 2 rings (SSSR count). The summed E-state index contributed by atoms with van der Waals surface area (Å²) in [4.78, 5) is 4.49. The van der Waals surface area contributed by atoms with Crippen LogP contribution < -0.4 is 5.73 Å². The molecule has 2 aliphatic rings. The maximum Gasteiger partial charge on any atom is 0.0971 e. The summed E-state index contributed by atoms with van der Waals surface area (Å²) >= 11 is 0. The highest BCUT2D eigenvalue weighted by atomic mass is 16.5. The van der Waals surface area contributed by atoms with Crippen molar-refractivity contribution in [3.8, 4) is 0 Å². The Bertz CT molecular complexity index is 205. The topological polar surface area (TPSA) is 47.6 Å². The lowest BCUT2D eigenvalue weighted by molar-refractivity contribution is -0.000757. The summed E-state index contributed by atoms with van der Waals surface area (Å²) in [5, 5.41) is 0. The highest BCUT2D eigenvalue weighted by molar-refractivity contribution is 5.85. The third-order valence-electron chi connectivity index (χ3n) is 2.80. The molecule has 0 unspecified atom stereocenters. The molecule has 0 saturated heterocycles. The number of aliphatic imine (C=N–C) groups is 1. The Morgan fingerprint density at radius 1 is 1.46 bits per heavy atom. The minimum Gasteiger partial charge on any atom is -0.387 e. The van der Waals surface area contributed by atoms with Gasteiger partial charge in [0.25, 0.3) is 0 Å². The SMILES string of the molecule is CCOC1CC(N=C(N)C2CC2)C1. The molecule has 74 valence electrons. The Balaban J connectivity index is 1.70. The van der Waals surface area contributed by atoms with Gasteiger partial charge in [-0.1, -0.05) is 0 Å². The molecule has 0 aromatic carbocycles. The molecule has 0 aromatic rings. The van der Waals surface area contributed by atoms with E-state index < -0.39 is 0 Å². The summed E-state index contributed by atoms with van der Waals surface area (Å²) < 4.78 is 5.46. The van der Waals surface area contributed by atoms with Gasteiger partial charge in [0, 0.05) is 12.5 Å². The number of nitrogens with two attached hydrogens (primary N) is 1. The van der Waals surface area contributed by atoms with Gasteiger partial charge >= 0.3 is 0 Å². The molecule has 13 heavy (non-hydrogen) atoms. The minimum absolute atomic E-state index is 0.450. The Kier molecular flexibility index (Phi) is 2.54. The number of nitrogens with zero attached hydrogens (tertiary/aromatic N) is 1. The van der Waals surface area contributed by atoms with Gasteiger partial charge in [-0.15, -0.1) is 0 Å². The van der Waals surface area contributed by atoms with E-state index in [0.717, 1.165) is 25.3 Å². The van der Waals surface area contributed by atoms with Crippen LogP contribution in [0.1, 0.15) is 32.6 Å². The summed E-state index contributed by atoms with van der Waals surface area (Å²) in [6.45, 7) is 2.86. The van der Waals surface area contributed by atoms with Gasteiger partial charge in [0.1, 0.15) is 0 Å². The van der Waals surface area contributed by atoms with Crippen LogP contribution in [-0.4, -0.2) is 24.6 Å². The molecule has 0 atom stereocenters. The Morgan fingerprint density at radius 2 is 2.15 bits per heavy atom. The Hall–Kier alpha value is -0.570. The first-order valence-corrected chi connectivity index (χ1v) is 5.24. The first-order chi connectivity index (χ1) is 6.29. The van der Waals surface area contributed by atoms with Gasteiger partial charge in [0.15, 0.2) is 0 Å². The Labute approximate surface area is 79.4 Å². The van der Waals surface area contributed by atoms with Crippen LogP contribution in [0.3, 0.4) is 0 Å². The minimum atomic E-state index is 0.450. The van der Waals surface area contributed by atoms with Gasteiger partial charge in [-0.05, 0) is 32.6 Å². The number of rotatable bonds is 4. The third kappa shape index (κ3) is 2.21. The second-order valence-electron chi connectivity index (χ2n) is 4.03. The van der Waals surface area contributed by atoms with Gasteiger partial charge < -0.3 is 10.5 Å². The predicted octanol–water partition coefficient (Wildman–Crippen LogP) is 1.32. The van der Waals surface area contributed by atoms with Crippen molar-refractivity contribution in [3.05, 3.63) is 0 Å². The molecule has 2 aliphatic carbocycles. The second kappa shape index (κ2) is 3.66. The maximum atomic E-state index is 5.82. The van der Waals surface area contributed by atoms with Crippen LogP contribution in [0.5, 0.6) is 0 Å². The number of ether oxygens (including phenoxy) is 1. The summed E-state index contributed by atoms with van der Waals surface area (Å²) in [6, 6.07) is 0.456. The first-order valence-electron chi connectivity index (χ1n) is 5.24. The van der Waals surface area contributed by atoms with Gasteiger partial charge in [-0.2, -0.15) is 0 Å². The number of hydrogen-bond acceptors (Lipinski definition) is 2. The van der Waals surface area contributed by atoms with Crippen molar-refractivity contribution in [1.82, 2.24) is 0 Å². The molecule has 0 amide bonds. The predicted molar refractivity (Wildman–Crippen MR) is 52.8 cm³/mol. The first kappa shape index (κ1) is 9.00. The van der Waals surface area contributed by atoms with Crippen LogP contribution in [0.15, 0.2) is 4.99 Å². The van der Waals surface area contributed by atoms with Crippen LogP contribution in [0.4, 0.5) is 0 Å². The normalized spacial score (nSPS) is 34.4. The monoisotopic (exact) mass is 182 g/mol. The molecule has 2 N–H and O–H groups in total. The average Bonchev–Trinajstić information content (AvgIpc) is 2.82. The molecule has 0 spiro atoms. The van der Waals surface area contributed by atoms with Crippen LogP contribution >= 0.6 is 0 Å². The molecule has 0 aliphatic heterocycles. The summed E-state index contributed by atoms with van der Waals surface area (Å²) in [6.07, 6.45) is 5.09. The lowest BCUT2D eigenvalue weighted by Crippen LogP contribution is -2.36. The van der Waals surface area contributed by atoms with E-state index in [2.05, 4.69) is 4.99 Å². The molecule has 0 radical (unpaired) electrons. The van der Waals surface area contributed by atoms with E-state index in [1.165, 1.54) is 12.8 Å². The molecule has 0 bridgehead atoms. The molecular formula is C10H18N2O. The number of amidine groups is 1. The standard InChI is InChI=1S/C10H18N2O/c1-2-13-9-5-8(6-9)12-10(11)7-3-4-7/h7-9H,2-6H2,1H3,(H2,11,12). The van der Waals surface area contributed by atoms with Crippen molar-refractivity contribution in [2.24, 2.45) is 16.6 Å². The molecular weight excluding hydrogens is 164 g/mol. The average molecular weight is 182 g/mol. The van der Waals surface area contributed by atoms with Crippen LogP contribution in [0.2, 0.25) is 0 Å². The van der Waals surface area contributed by atoms with Gasteiger partial charge in [0.2, 0.25) is 0 Å². The molecule has 3 nitrogen and oxygen atoms in total. The van der Waals surface area contributed by atoms with Crippen LogP contribution in [0, 0.1) is 5.92 Å². The van der Waals surface area contributed by atoms with Crippen molar-refractivity contribution >= 4 is 5.84 Å². The van der Waals surface area contributed by atoms with Crippen LogP contribution in [0.25, 0.3) is 0 Å². The fraction of sp³-hybridized carbons (Fsp3) is 0.900. The van der Waals surface area contributed by atoms with Gasteiger partial charge in [0.05, 0.1) is 18.0 Å². The second-order valence-corrected chi connectivity index (χ2v) is 4.03. The quantitative estimate of drug-likeness (QED) is 0.526. The van der Waals surface area contributed by atoms with Gasteiger partial charge in [-0.3, -0.25) is 4.99 Å². The van der Waals surface area contributed by atoms with E-state index >= 15 is 0 Å². The molecule has 2 saturated carbocycles. The van der Waals surface area contributed by atoms with E-state index in [1.54, 1.807) is 0 Å².